The lowest BCUT2D eigenvalue weighted by molar-refractivity contribution is 0.0926. The minimum Gasteiger partial charge on any atom is -0.317 e. The number of anilines is 1. The first-order valence-electron chi connectivity index (χ1n) is 8.04. The van der Waals surface area contributed by atoms with E-state index in [0.29, 0.717) is 22.7 Å². The summed E-state index contributed by atoms with van der Waals surface area (Å²) < 4.78 is 0. The van der Waals surface area contributed by atoms with Crippen LogP contribution < -0.4 is 10.2 Å². The number of nitrogens with one attached hydrogen (secondary N) is 1. The molecule has 2 aliphatic heterocycles. The zero-order valence-corrected chi connectivity index (χ0v) is 12.8. The van der Waals surface area contributed by atoms with E-state index in [0.717, 1.165) is 25.9 Å². The third-order valence-corrected chi connectivity index (χ3v) is 4.73. The van der Waals surface area contributed by atoms with Crippen LogP contribution in [-0.4, -0.2) is 24.9 Å². The van der Waals surface area contributed by atoms with Gasteiger partial charge in [0.25, 0.3) is 11.8 Å². The van der Waals surface area contributed by atoms with Crippen LogP contribution in [0.25, 0.3) is 0 Å². The number of imide groups is 1. The molecule has 1 fully saturated rings. The molecule has 2 amide bonds. The summed E-state index contributed by atoms with van der Waals surface area (Å²) in [5.41, 5.74) is 2.86. The van der Waals surface area contributed by atoms with Gasteiger partial charge in [0, 0.05) is 0 Å². The number of carbonyl (C=O) groups excluding carboxylic acids is 2. The second kappa shape index (κ2) is 5.63. The number of benzene rings is 2. The van der Waals surface area contributed by atoms with E-state index in [-0.39, 0.29) is 11.8 Å². The normalized spacial score (nSPS) is 18.3. The van der Waals surface area contributed by atoms with E-state index in [2.05, 4.69) is 11.4 Å². The Bertz CT molecular complexity index is 743. The summed E-state index contributed by atoms with van der Waals surface area (Å²) in [6, 6.07) is 14.9. The van der Waals surface area contributed by atoms with Crippen molar-refractivity contribution in [3.05, 3.63) is 65.2 Å². The SMILES string of the molecule is O=C1c2ccccc2C(=O)N1c1cccc(C2CCNCC2)c1. The number of amides is 2. The molecule has 0 unspecified atom stereocenters. The van der Waals surface area contributed by atoms with Crippen LogP contribution in [0.3, 0.4) is 0 Å². The van der Waals surface area contributed by atoms with Crippen molar-refractivity contribution in [2.75, 3.05) is 18.0 Å². The molecule has 0 saturated carbocycles. The molecule has 1 saturated heterocycles. The lowest BCUT2D eigenvalue weighted by Crippen LogP contribution is -2.30. The summed E-state index contributed by atoms with van der Waals surface area (Å²) >= 11 is 0. The summed E-state index contributed by atoms with van der Waals surface area (Å²) in [4.78, 5) is 26.5. The van der Waals surface area contributed by atoms with Crippen LogP contribution in [0.5, 0.6) is 0 Å². The Morgan fingerprint density at radius 2 is 1.52 bits per heavy atom. The molecule has 0 atom stereocenters. The maximum atomic E-state index is 12.6. The van der Waals surface area contributed by atoms with Gasteiger partial charge in [-0.15, -0.1) is 0 Å². The van der Waals surface area contributed by atoms with E-state index in [4.69, 9.17) is 0 Å². The van der Waals surface area contributed by atoms with Crippen molar-refractivity contribution >= 4 is 17.5 Å². The second-order valence-electron chi connectivity index (χ2n) is 6.11. The van der Waals surface area contributed by atoms with Crippen molar-refractivity contribution in [2.45, 2.75) is 18.8 Å². The lowest BCUT2D eigenvalue weighted by atomic mass is 9.90. The number of nitrogens with zero attached hydrogens (tertiary/aromatic N) is 1. The third kappa shape index (κ3) is 2.35. The molecule has 2 heterocycles. The maximum Gasteiger partial charge on any atom is 0.266 e. The smallest absolute Gasteiger partial charge is 0.266 e. The van der Waals surface area contributed by atoms with E-state index < -0.39 is 0 Å². The van der Waals surface area contributed by atoms with Crippen molar-refractivity contribution in [1.29, 1.82) is 0 Å². The average molecular weight is 306 g/mol. The minimum absolute atomic E-state index is 0.229. The quantitative estimate of drug-likeness (QED) is 0.868. The standard InChI is InChI=1S/C19H18N2O2/c22-18-16-6-1-2-7-17(16)19(23)21(18)15-5-3-4-14(12-15)13-8-10-20-11-9-13/h1-7,12-13,20H,8-11H2. The van der Waals surface area contributed by atoms with Gasteiger partial charge in [-0.2, -0.15) is 0 Å². The van der Waals surface area contributed by atoms with Crippen LogP contribution in [0.4, 0.5) is 5.69 Å². The Morgan fingerprint density at radius 1 is 0.870 bits per heavy atom. The van der Waals surface area contributed by atoms with Gasteiger partial charge in [-0.1, -0.05) is 24.3 Å². The van der Waals surface area contributed by atoms with Crippen molar-refractivity contribution in [3.8, 4) is 0 Å². The zero-order chi connectivity index (χ0) is 15.8. The van der Waals surface area contributed by atoms with E-state index in [1.54, 1.807) is 24.3 Å². The first-order chi connectivity index (χ1) is 11.3. The molecule has 4 rings (SSSR count). The predicted octanol–water partition coefficient (Wildman–Crippen LogP) is 2.95. The molecule has 0 spiro atoms. The Labute approximate surface area is 135 Å². The summed E-state index contributed by atoms with van der Waals surface area (Å²) in [6.07, 6.45) is 2.18. The van der Waals surface area contributed by atoms with Gasteiger partial charge in [0.2, 0.25) is 0 Å². The maximum absolute atomic E-state index is 12.6. The summed E-state index contributed by atoms with van der Waals surface area (Å²) in [7, 11) is 0. The molecule has 2 aliphatic rings. The summed E-state index contributed by atoms with van der Waals surface area (Å²) in [5, 5.41) is 3.36. The number of piperidine rings is 1. The summed E-state index contributed by atoms with van der Waals surface area (Å²) in [6.45, 7) is 2.03. The molecule has 0 bridgehead atoms. The van der Waals surface area contributed by atoms with E-state index in [1.165, 1.54) is 10.5 Å². The van der Waals surface area contributed by atoms with Gasteiger partial charge in [-0.3, -0.25) is 9.59 Å². The molecule has 0 radical (unpaired) electrons. The molecular weight excluding hydrogens is 288 g/mol. The topological polar surface area (TPSA) is 49.4 Å². The first kappa shape index (κ1) is 14.2. The molecule has 1 N–H and O–H groups in total. The van der Waals surface area contributed by atoms with Crippen LogP contribution >= 0.6 is 0 Å². The Balaban J connectivity index is 1.69. The number of hydrogen-bond acceptors (Lipinski definition) is 3. The highest BCUT2D eigenvalue weighted by Crippen LogP contribution is 2.32. The van der Waals surface area contributed by atoms with Crippen molar-refractivity contribution < 1.29 is 9.59 Å². The number of carbonyl (C=O) groups is 2. The molecule has 116 valence electrons. The first-order valence-corrected chi connectivity index (χ1v) is 8.04. The molecule has 4 nitrogen and oxygen atoms in total. The van der Waals surface area contributed by atoms with Crippen LogP contribution in [-0.2, 0) is 0 Å². The molecule has 23 heavy (non-hydrogen) atoms. The molecule has 0 aromatic heterocycles. The average Bonchev–Trinajstić information content (AvgIpc) is 2.87. The summed E-state index contributed by atoms with van der Waals surface area (Å²) in [5.74, 6) is 0.0347. The zero-order valence-electron chi connectivity index (χ0n) is 12.8. The predicted molar refractivity (Wildman–Crippen MR) is 88.9 cm³/mol. The van der Waals surface area contributed by atoms with Crippen molar-refractivity contribution in [1.82, 2.24) is 5.32 Å². The largest absolute Gasteiger partial charge is 0.317 e. The number of rotatable bonds is 2. The van der Waals surface area contributed by atoms with Gasteiger partial charge >= 0.3 is 0 Å². The third-order valence-electron chi connectivity index (χ3n) is 4.73. The Kier molecular flexibility index (Phi) is 3.46. The Hall–Kier alpha value is -2.46. The molecule has 2 aromatic carbocycles. The van der Waals surface area contributed by atoms with Crippen LogP contribution in [0.2, 0.25) is 0 Å². The lowest BCUT2D eigenvalue weighted by Gasteiger charge is -2.24. The highest BCUT2D eigenvalue weighted by atomic mass is 16.2. The minimum atomic E-state index is -0.229. The van der Waals surface area contributed by atoms with Crippen LogP contribution in [0, 0.1) is 0 Å². The fraction of sp³-hybridized carbons (Fsp3) is 0.263. The van der Waals surface area contributed by atoms with E-state index in [1.807, 2.05) is 18.2 Å². The van der Waals surface area contributed by atoms with Crippen molar-refractivity contribution in [3.63, 3.8) is 0 Å². The highest BCUT2D eigenvalue weighted by molar-refractivity contribution is 6.34. The van der Waals surface area contributed by atoms with E-state index >= 15 is 0 Å². The van der Waals surface area contributed by atoms with Crippen LogP contribution in [0.1, 0.15) is 45.0 Å². The molecular formula is C19H18N2O2. The molecule has 2 aromatic rings. The second-order valence-corrected chi connectivity index (χ2v) is 6.11. The van der Waals surface area contributed by atoms with Gasteiger partial charge in [0.05, 0.1) is 16.8 Å². The fourth-order valence-electron chi connectivity index (χ4n) is 3.50. The van der Waals surface area contributed by atoms with E-state index in [9.17, 15) is 9.59 Å². The monoisotopic (exact) mass is 306 g/mol. The molecule has 0 aliphatic carbocycles. The highest BCUT2D eigenvalue weighted by Gasteiger charge is 2.36. The number of fused-ring (bicyclic) bond motifs is 1. The fourth-order valence-corrected chi connectivity index (χ4v) is 3.50. The van der Waals surface area contributed by atoms with Gasteiger partial charge in [0.1, 0.15) is 0 Å². The van der Waals surface area contributed by atoms with Crippen LogP contribution in [0.15, 0.2) is 48.5 Å². The van der Waals surface area contributed by atoms with Crippen molar-refractivity contribution in [2.24, 2.45) is 0 Å². The van der Waals surface area contributed by atoms with Gasteiger partial charge in [0.15, 0.2) is 0 Å². The molecule has 4 heteroatoms. The van der Waals surface area contributed by atoms with Gasteiger partial charge in [-0.25, -0.2) is 4.90 Å². The Morgan fingerprint density at radius 3 is 2.17 bits per heavy atom. The number of hydrogen-bond donors (Lipinski definition) is 1. The van der Waals surface area contributed by atoms with Gasteiger partial charge in [-0.05, 0) is 61.7 Å². The van der Waals surface area contributed by atoms with Gasteiger partial charge < -0.3 is 5.32 Å².